The van der Waals surface area contributed by atoms with Gasteiger partial charge in [-0.25, -0.2) is 4.98 Å². The van der Waals surface area contributed by atoms with Crippen LogP contribution in [0.3, 0.4) is 0 Å². The number of furan rings is 1. The molecule has 0 saturated heterocycles. The number of amides is 1. The number of rotatable bonds is 5. The Morgan fingerprint density at radius 2 is 2.00 bits per heavy atom. The lowest BCUT2D eigenvalue weighted by Gasteiger charge is -2.18. The van der Waals surface area contributed by atoms with Crippen LogP contribution >= 0.6 is 23.1 Å². The molecule has 2 aromatic heterocycles. The molecule has 0 fully saturated rings. The highest BCUT2D eigenvalue weighted by Crippen LogP contribution is 2.33. The molecule has 4 aromatic rings. The summed E-state index contributed by atoms with van der Waals surface area (Å²) in [4.78, 5) is 20.6. The molecular weight excluding hydrogens is 364 g/mol. The zero-order valence-corrected chi connectivity index (χ0v) is 15.7. The van der Waals surface area contributed by atoms with Gasteiger partial charge in [0.05, 0.1) is 23.0 Å². The number of carbonyl (C=O) groups excluding carboxylic acids is 1. The van der Waals surface area contributed by atoms with E-state index in [0.29, 0.717) is 17.4 Å². The number of benzene rings is 2. The van der Waals surface area contributed by atoms with Crippen LogP contribution in [0.2, 0.25) is 0 Å². The Hall–Kier alpha value is -2.57. The van der Waals surface area contributed by atoms with Crippen molar-refractivity contribution in [3.8, 4) is 0 Å². The van der Waals surface area contributed by atoms with Crippen LogP contribution < -0.4 is 4.90 Å². The van der Waals surface area contributed by atoms with Crippen LogP contribution in [-0.4, -0.2) is 17.1 Å². The normalized spacial score (nSPS) is 11.0. The first-order chi connectivity index (χ1) is 12.7. The molecule has 1 amide bonds. The molecule has 0 atom stereocenters. The van der Waals surface area contributed by atoms with E-state index >= 15 is 0 Å². The highest BCUT2D eigenvalue weighted by atomic mass is 32.2. The number of aromatic nitrogens is 1. The van der Waals surface area contributed by atoms with Crippen molar-refractivity contribution in [3.63, 3.8) is 0 Å². The quantitative estimate of drug-likeness (QED) is 0.431. The first-order valence-electron chi connectivity index (χ1n) is 8.08. The van der Waals surface area contributed by atoms with Crippen LogP contribution in [0.1, 0.15) is 16.1 Å². The van der Waals surface area contributed by atoms with Crippen molar-refractivity contribution < 1.29 is 9.21 Å². The van der Waals surface area contributed by atoms with Crippen LogP contribution in [0.5, 0.6) is 0 Å². The fourth-order valence-electron chi connectivity index (χ4n) is 2.66. The van der Waals surface area contributed by atoms with Gasteiger partial charge in [-0.3, -0.25) is 9.69 Å². The van der Waals surface area contributed by atoms with Gasteiger partial charge in [0, 0.05) is 4.90 Å². The Bertz CT molecular complexity index is 1030. The molecule has 4 nitrogen and oxygen atoms in total. The van der Waals surface area contributed by atoms with Gasteiger partial charge in [-0.1, -0.05) is 41.7 Å². The number of nitrogens with zero attached hydrogens (tertiary/aromatic N) is 2. The maximum absolute atomic E-state index is 13.0. The summed E-state index contributed by atoms with van der Waals surface area (Å²) >= 11 is 3.21. The van der Waals surface area contributed by atoms with E-state index in [1.807, 2.05) is 48.7 Å². The number of hydrogen-bond donors (Lipinski definition) is 0. The zero-order valence-electron chi connectivity index (χ0n) is 14.1. The van der Waals surface area contributed by atoms with Gasteiger partial charge in [0.15, 0.2) is 10.9 Å². The summed E-state index contributed by atoms with van der Waals surface area (Å²) in [6, 6.07) is 19.5. The van der Waals surface area contributed by atoms with Crippen molar-refractivity contribution in [1.29, 1.82) is 0 Å². The molecule has 130 valence electrons. The van der Waals surface area contributed by atoms with Crippen molar-refractivity contribution >= 4 is 44.4 Å². The second kappa shape index (κ2) is 7.35. The molecule has 0 radical (unpaired) electrons. The van der Waals surface area contributed by atoms with Gasteiger partial charge in [0.25, 0.3) is 5.91 Å². The second-order valence-electron chi connectivity index (χ2n) is 5.68. The highest BCUT2D eigenvalue weighted by Gasteiger charge is 2.23. The molecule has 0 unspecified atom stereocenters. The van der Waals surface area contributed by atoms with Crippen molar-refractivity contribution in [2.24, 2.45) is 0 Å². The monoisotopic (exact) mass is 380 g/mol. The van der Waals surface area contributed by atoms with E-state index in [2.05, 4.69) is 11.1 Å². The molecule has 4 rings (SSSR count). The largest absolute Gasteiger partial charge is 0.459 e. The first kappa shape index (κ1) is 16.9. The minimum absolute atomic E-state index is 0.192. The fourth-order valence-corrected chi connectivity index (χ4v) is 4.18. The third-order valence-corrected chi connectivity index (χ3v) is 5.74. The molecule has 2 aromatic carbocycles. The summed E-state index contributed by atoms with van der Waals surface area (Å²) in [6.07, 6.45) is 3.56. The highest BCUT2D eigenvalue weighted by molar-refractivity contribution is 7.98. The molecular formula is C20H16N2O2S2. The molecule has 0 aliphatic rings. The van der Waals surface area contributed by atoms with Crippen LogP contribution in [0, 0.1) is 0 Å². The Morgan fingerprint density at radius 1 is 1.15 bits per heavy atom. The van der Waals surface area contributed by atoms with E-state index in [-0.39, 0.29) is 5.91 Å². The summed E-state index contributed by atoms with van der Waals surface area (Å²) in [5.74, 6) is 0.119. The smallest absolute Gasteiger partial charge is 0.296 e. The van der Waals surface area contributed by atoms with Gasteiger partial charge in [0.1, 0.15) is 0 Å². The molecule has 0 spiro atoms. The molecule has 2 heterocycles. The lowest BCUT2D eigenvalue weighted by Crippen LogP contribution is -2.30. The van der Waals surface area contributed by atoms with E-state index in [9.17, 15) is 4.79 Å². The number of thiazole rings is 1. The van der Waals surface area contributed by atoms with Crippen molar-refractivity contribution in [2.45, 2.75) is 11.4 Å². The molecule has 26 heavy (non-hydrogen) atoms. The number of fused-ring (bicyclic) bond motifs is 1. The van der Waals surface area contributed by atoms with Crippen molar-refractivity contribution in [2.75, 3.05) is 11.2 Å². The average molecular weight is 380 g/mol. The van der Waals surface area contributed by atoms with Crippen LogP contribution in [0.25, 0.3) is 10.2 Å². The minimum Gasteiger partial charge on any atom is -0.459 e. The molecule has 0 N–H and O–H groups in total. The molecule has 0 saturated carbocycles. The third kappa shape index (κ3) is 3.38. The van der Waals surface area contributed by atoms with Crippen molar-refractivity contribution in [3.05, 3.63) is 78.3 Å². The van der Waals surface area contributed by atoms with Crippen LogP contribution in [-0.2, 0) is 6.54 Å². The SMILES string of the molecule is CSc1ccc2nc(N(Cc3ccccc3)C(=O)c3ccco3)sc2c1. The maximum Gasteiger partial charge on any atom is 0.296 e. The second-order valence-corrected chi connectivity index (χ2v) is 7.57. The predicted molar refractivity (Wildman–Crippen MR) is 107 cm³/mol. The van der Waals surface area contributed by atoms with Crippen molar-refractivity contribution in [1.82, 2.24) is 4.98 Å². The lowest BCUT2D eigenvalue weighted by atomic mass is 10.2. The number of hydrogen-bond acceptors (Lipinski definition) is 5. The summed E-state index contributed by atoms with van der Waals surface area (Å²) in [5, 5.41) is 0.670. The maximum atomic E-state index is 13.0. The predicted octanol–water partition coefficient (Wildman–Crippen LogP) is 5.46. The molecule has 0 aliphatic heterocycles. The Morgan fingerprint density at radius 3 is 2.73 bits per heavy atom. The van der Waals surface area contributed by atoms with Gasteiger partial charge in [-0.15, -0.1) is 11.8 Å². The van der Waals surface area contributed by atoms with Crippen LogP contribution in [0.15, 0.2) is 76.2 Å². The Labute approximate surface area is 159 Å². The van der Waals surface area contributed by atoms with E-state index in [1.165, 1.54) is 22.5 Å². The van der Waals surface area contributed by atoms with Gasteiger partial charge in [-0.05, 0) is 42.2 Å². The molecule has 6 heteroatoms. The first-order valence-corrected chi connectivity index (χ1v) is 10.1. The van der Waals surface area contributed by atoms with Gasteiger partial charge in [0.2, 0.25) is 0 Å². The fraction of sp³-hybridized carbons (Fsp3) is 0.100. The topological polar surface area (TPSA) is 46.3 Å². The average Bonchev–Trinajstić information content (AvgIpc) is 3.35. The Balaban J connectivity index is 1.75. The van der Waals surface area contributed by atoms with Crippen LogP contribution in [0.4, 0.5) is 5.13 Å². The van der Waals surface area contributed by atoms with E-state index < -0.39 is 0 Å². The van der Waals surface area contributed by atoms with Gasteiger partial charge >= 0.3 is 0 Å². The summed E-state index contributed by atoms with van der Waals surface area (Å²) < 4.78 is 6.40. The number of thioether (sulfide) groups is 1. The van der Waals surface area contributed by atoms with E-state index in [4.69, 9.17) is 4.42 Å². The lowest BCUT2D eigenvalue weighted by molar-refractivity contribution is 0.0958. The summed E-state index contributed by atoms with van der Waals surface area (Å²) in [6.45, 7) is 0.440. The Kier molecular flexibility index (Phi) is 4.77. The van der Waals surface area contributed by atoms with Gasteiger partial charge < -0.3 is 4.42 Å². The molecule has 0 aliphatic carbocycles. The van der Waals surface area contributed by atoms with E-state index in [0.717, 1.165) is 15.8 Å². The standard InChI is InChI=1S/C20H16N2O2S2/c1-25-15-9-10-16-18(12-15)26-20(21-16)22(13-14-6-3-2-4-7-14)19(23)17-8-5-11-24-17/h2-12H,13H2,1H3. The zero-order chi connectivity index (χ0) is 17.9. The summed E-state index contributed by atoms with van der Waals surface area (Å²) in [7, 11) is 0. The number of carbonyl (C=O) groups is 1. The minimum atomic E-state index is -0.192. The van der Waals surface area contributed by atoms with E-state index in [1.54, 1.807) is 28.8 Å². The molecule has 0 bridgehead atoms. The third-order valence-electron chi connectivity index (χ3n) is 3.98. The number of anilines is 1. The van der Waals surface area contributed by atoms with Gasteiger partial charge in [-0.2, -0.15) is 0 Å². The summed E-state index contributed by atoms with van der Waals surface area (Å²) in [5.41, 5.74) is 1.93.